The lowest BCUT2D eigenvalue weighted by atomic mass is 10.1. The average Bonchev–Trinajstić information content (AvgIpc) is 3.00. The van der Waals surface area contributed by atoms with Gasteiger partial charge in [-0.1, -0.05) is 6.42 Å². The van der Waals surface area contributed by atoms with E-state index in [1.165, 1.54) is 29.7 Å². The van der Waals surface area contributed by atoms with Crippen molar-refractivity contribution in [3.8, 4) is 0 Å². The van der Waals surface area contributed by atoms with Crippen molar-refractivity contribution in [2.45, 2.75) is 45.1 Å². The van der Waals surface area contributed by atoms with E-state index in [2.05, 4.69) is 21.6 Å². The molecule has 2 aromatic rings. The van der Waals surface area contributed by atoms with Crippen molar-refractivity contribution < 1.29 is 4.79 Å². The summed E-state index contributed by atoms with van der Waals surface area (Å²) in [5.74, 6) is 0.755. The zero-order valence-electron chi connectivity index (χ0n) is 12.4. The molecule has 5 nitrogen and oxygen atoms in total. The van der Waals surface area contributed by atoms with Crippen LogP contribution in [0.1, 0.15) is 58.2 Å². The summed E-state index contributed by atoms with van der Waals surface area (Å²) in [6.07, 6.45) is 7.64. The van der Waals surface area contributed by atoms with Crippen molar-refractivity contribution in [1.29, 1.82) is 0 Å². The van der Waals surface area contributed by atoms with Gasteiger partial charge >= 0.3 is 0 Å². The molecule has 0 spiro atoms. The SMILES string of the molecule is CC(NC(=O)c1cc2c(s1)CCCCC2)c1nncn1C. The summed E-state index contributed by atoms with van der Waals surface area (Å²) in [6.45, 7) is 1.93. The number of carbonyl (C=O) groups is 1. The monoisotopic (exact) mass is 304 g/mol. The average molecular weight is 304 g/mol. The first kappa shape index (κ1) is 14.3. The number of thiophene rings is 1. The van der Waals surface area contributed by atoms with E-state index in [4.69, 9.17) is 0 Å². The highest BCUT2D eigenvalue weighted by atomic mass is 32.1. The standard InChI is InChI=1S/C15H20N4OS/c1-10(14-18-16-9-19(14)2)17-15(20)13-8-11-6-4-3-5-7-12(11)21-13/h8-10H,3-7H2,1-2H3,(H,17,20). The molecular weight excluding hydrogens is 284 g/mol. The summed E-state index contributed by atoms with van der Waals surface area (Å²) in [4.78, 5) is 14.6. The number of hydrogen-bond acceptors (Lipinski definition) is 4. The smallest absolute Gasteiger partial charge is 0.261 e. The lowest BCUT2D eigenvalue weighted by Gasteiger charge is -2.11. The second-order valence-corrected chi connectivity index (χ2v) is 6.75. The van der Waals surface area contributed by atoms with E-state index in [1.54, 1.807) is 17.7 Å². The number of nitrogens with zero attached hydrogens (tertiary/aromatic N) is 3. The molecule has 6 heteroatoms. The largest absolute Gasteiger partial charge is 0.342 e. The highest BCUT2D eigenvalue weighted by Crippen LogP contribution is 2.29. The van der Waals surface area contributed by atoms with Crippen molar-refractivity contribution in [3.63, 3.8) is 0 Å². The van der Waals surface area contributed by atoms with Crippen LogP contribution < -0.4 is 5.32 Å². The first-order valence-corrected chi connectivity index (χ1v) is 8.23. The Balaban J connectivity index is 1.72. The number of fused-ring (bicyclic) bond motifs is 1. The number of aryl methyl sites for hydroxylation is 3. The Morgan fingerprint density at radius 1 is 1.38 bits per heavy atom. The van der Waals surface area contributed by atoms with Crippen molar-refractivity contribution in [2.24, 2.45) is 7.05 Å². The summed E-state index contributed by atoms with van der Waals surface area (Å²) in [5.41, 5.74) is 1.37. The highest BCUT2D eigenvalue weighted by molar-refractivity contribution is 7.14. The Kier molecular flexibility index (Phi) is 4.05. The Bertz CT molecular complexity index is 622. The summed E-state index contributed by atoms with van der Waals surface area (Å²) >= 11 is 1.65. The van der Waals surface area contributed by atoms with Crippen LogP contribution in [0.5, 0.6) is 0 Å². The number of nitrogens with one attached hydrogen (secondary N) is 1. The molecule has 1 amide bonds. The van der Waals surface area contributed by atoms with Crippen LogP contribution in [0.15, 0.2) is 12.4 Å². The van der Waals surface area contributed by atoms with Gasteiger partial charge in [0.2, 0.25) is 0 Å². The first-order valence-electron chi connectivity index (χ1n) is 7.41. The molecule has 0 bridgehead atoms. The van der Waals surface area contributed by atoms with Gasteiger partial charge in [-0.3, -0.25) is 4.79 Å². The van der Waals surface area contributed by atoms with Gasteiger partial charge in [0.1, 0.15) is 6.33 Å². The number of aromatic nitrogens is 3. The summed E-state index contributed by atoms with van der Waals surface area (Å²) in [6, 6.07) is 1.93. The van der Waals surface area contributed by atoms with Crippen LogP contribution in [0.2, 0.25) is 0 Å². The van der Waals surface area contributed by atoms with E-state index < -0.39 is 0 Å². The molecule has 0 fully saturated rings. The molecule has 2 heterocycles. The molecule has 0 saturated heterocycles. The molecule has 3 rings (SSSR count). The lowest BCUT2D eigenvalue weighted by Crippen LogP contribution is -2.27. The van der Waals surface area contributed by atoms with Crippen LogP contribution >= 0.6 is 11.3 Å². The number of hydrogen-bond donors (Lipinski definition) is 1. The fourth-order valence-corrected chi connectivity index (χ4v) is 3.95. The van der Waals surface area contributed by atoms with Crippen molar-refractivity contribution >= 4 is 17.2 Å². The Morgan fingerprint density at radius 3 is 2.95 bits per heavy atom. The van der Waals surface area contributed by atoms with Crippen LogP contribution in [0.4, 0.5) is 0 Å². The van der Waals surface area contributed by atoms with Gasteiger partial charge in [-0.15, -0.1) is 21.5 Å². The first-order chi connectivity index (χ1) is 10.1. The maximum Gasteiger partial charge on any atom is 0.261 e. The van der Waals surface area contributed by atoms with E-state index in [0.29, 0.717) is 0 Å². The van der Waals surface area contributed by atoms with E-state index in [9.17, 15) is 4.79 Å². The molecule has 0 radical (unpaired) electrons. The van der Waals surface area contributed by atoms with Gasteiger partial charge in [0, 0.05) is 11.9 Å². The summed E-state index contributed by atoms with van der Waals surface area (Å²) in [7, 11) is 1.88. The second kappa shape index (κ2) is 5.97. The van der Waals surface area contributed by atoms with Gasteiger partial charge in [0.05, 0.1) is 10.9 Å². The zero-order valence-corrected chi connectivity index (χ0v) is 13.2. The van der Waals surface area contributed by atoms with E-state index in [1.807, 2.05) is 18.5 Å². The Labute approximate surface area is 128 Å². The minimum atomic E-state index is -0.146. The Hall–Kier alpha value is -1.69. The van der Waals surface area contributed by atoms with Gasteiger partial charge < -0.3 is 9.88 Å². The van der Waals surface area contributed by atoms with Gasteiger partial charge in [-0.25, -0.2) is 0 Å². The number of rotatable bonds is 3. The van der Waals surface area contributed by atoms with Gasteiger partial charge in [-0.2, -0.15) is 0 Å². The van der Waals surface area contributed by atoms with Crippen LogP contribution in [0.3, 0.4) is 0 Å². The number of amides is 1. The molecule has 0 aliphatic heterocycles. The quantitative estimate of drug-likeness (QED) is 0.887. The van der Waals surface area contributed by atoms with Gasteiger partial charge in [-0.05, 0) is 44.2 Å². The third-order valence-electron chi connectivity index (χ3n) is 3.95. The van der Waals surface area contributed by atoms with E-state index in [0.717, 1.165) is 23.5 Å². The maximum atomic E-state index is 12.4. The normalized spacial score (nSPS) is 16.1. The van der Waals surface area contributed by atoms with Crippen LogP contribution in [-0.4, -0.2) is 20.7 Å². The highest BCUT2D eigenvalue weighted by Gasteiger charge is 2.19. The molecule has 21 heavy (non-hydrogen) atoms. The molecular formula is C15H20N4OS. The molecule has 112 valence electrons. The predicted molar refractivity (Wildman–Crippen MR) is 82.5 cm³/mol. The molecule has 0 saturated carbocycles. The zero-order chi connectivity index (χ0) is 14.8. The Morgan fingerprint density at radius 2 is 2.19 bits per heavy atom. The summed E-state index contributed by atoms with van der Waals surface area (Å²) in [5, 5.41) is 10.9. The van der Waals surface area contributed by atoms with E-state index >= 15 is 0 Å². The van der Waals surface area contributed by atoms with Crippen molar-refractivity contribution in [3.05, 3.63) is 33.5 Å². The molecule has 0 aromatic carbocycles. The third-order valence-corrected chi connectivity index (χ3v) is 5.19. The molecule has 1 aliphatic rings. The lowest BCUT2D eigenvalue weighted by molar-refractivity contribution is 0.0942. The maximum absolute atomic E-state index is 12.4. The number of carbonyl (C=O) groups excluding carboxylic acids is 1. The van der Waals surface area contributed by atoms with Crippen LogP contribution in [-0.2, 0) is 19.9 Å². The van der Waals surface area contributed by atoms with Gasteiger partial charge in [0.25, 0.3) is 5.91 Å². The topological polar surface area (TPSA) is 59.8 Å². The fourth-order valence-electron chi connectivity index (χ4n) is 2.80. The molecule has 1 atom stereocenters. The minimum absolute atomic E-state index is 0.0106. The molecule has 2 aromatic heterocycles. The fraction of sp³-hybridized carbons (Fsp3) is 0.533. The van der Waals surface area contributed by atoms with Gasteiger partial charge in [0.15, 0.2) is 5.82 Å². The predicted octanol–water partition coefficient (Wildman–Crippen LogP) is 2.64. The summed E-state index contributed by atoms with van der Waals surface area (Å²) < 4.78 is 1.83. The van der Waals surface area contributed by atoms with E-state index in [-0.39, 0.29) is 11.9 Å². The minimum Gasteiger partial charge on any atom is -0.342 e. The molecule has 1 aliphatic carbocycles. The molecule has 1 N–H and O–H groups in total. The van der Waals surface area contributed by atoms with Crippen molar-refractivity contribution in [1.82, 2.24) is 20.1 Å². The van der Waals surface area contributed by atoms with Crippen LogP contribution in [0.25, 0.3) is 0 Å². The van der Waals surface area contributed by atoms with Crippen LogP contribution in [0, 0.1) is 0 Å². The van der Waals surface area contributed by atoms with Crippen molar-refractivity contribution in [2.75, 3.05) is 0 Å². The third kappa shape index (κ3) is 3.00. The molecule has 1 unspecified atom stereocenters. The second-order valence-electron chi connectivity index (χ2n) is 5.61.